The molecule has 0 aromatic heterocycles. The Balaban J connectivity index is 1.79. The molecule has 1 aliphatic heterocycles. The summed E-state index contributed by atoms with van der Waals surface area (Å²) in [4.78, 5) is 12.3. The highest BCUT2D eigenvalue weighted by Gasteiger charge is 2.29. The van der Waals surface area contributed by atoms with Crippen molar-refractivity contribution in [1.82, 2.24) is 9.62 Å². The second-order valence-corrected chi connectivity index (χ2v) is 8.30. The molecule has 6 nitrogen and oxygen atoms in total. The van der Waals surface area contributed by atoms with Gasteiger partial charge in [0.25, 0.3) is 0 Å². The van der Waals surface area contributed by atoms with Crippen LogP contribution in [0, 0.1) is 5.92 Å². The Labute approximate surface area is 144 Å². The minimum atomic E-state index is -3.14. The molecule has 1 fully saturated rings. The summed E-state index contributed by atoms with van der Waals surface area (Å²) in [5.41, 5.74) is 2.13. The first kappa shape index (κ1) is 18.9. The number of rotatable bonds is 7. The van der Waals surface area contributed by atoms with E-state index < -0.39 is 10.0 Å². The van der Waals surface area contributed by atoms with E-state index in [4.69, 9.17) is 4.74 Å². The lowest BCUT2D eigenvalue weighted by Crippen LogP contribution is -2.43. The zero-order valence-electron chi connectivity index (χ0n) is 14.3. The van der Waals surface area contributed by atoms with Crippen molar-refractivity contribution in [2.45, 2.75) is 32.9 Å². The fraction of sp³-hybridized carbons (Fsp3) is 0.588. The Morgan fingerprint density at radius 2 is 1.79 bits per heavy atom. The minimum absolute atomic E-state index is 0.00418. The van der Waals surface area contributed by atoms with Gasteiger partial charge in [-0.1, -0.05) is 24.3 Å². The Bertz CT molecular complexity index is 635. The fourth-order valence-corrected chi connectivity index (χ4v) is 3.96. The molecular weight excluding hydrogens is 328 g/mol. The van der Waals surface area contributed by atoms with Gasteiger partial charge in [0.05, 0.1) is 12.4 Å². The molecule has 2 rings (SSSR count). The largest absolute Gasteiger partial charge is 0.380 e. The van der Waals surface area contributed by atoms with Crippen LogP contribution >= 0.6 is 0 Å². The van der Waals surface area contributed by atoms with Crippen LogP contribution in [-0.2, 0) is 32.7 Å². The molecule has 0 radical (unpaired) electrons. The Morgan fingerprint density at radius 1 is 1.21 bits per heavy atom. The van der Waals surface area contributed by atoms with Crippen molar-refractivity contribution >= 4 is 15.9 Å². The van der Waals surface area contributed by atoms with E-state index in [1.54, 1.807) is 14.0 Å². The molecule has 1 heterocycles. The SMILES string of the molecule is CCS(=O)(=O)N1CCC(C(=O)NCc2ccc(COC)cc2)CC1. The van der Waals surface area contributed by atoms with Crippen LogP contribution in [0.25, 0.3) is 0 Å². The van der Waals surface area contributed by atoms with E-state index in [-0.39, 0.29) is 17.6 Å². The lowest BCUT2D eigenvalue weighted by molar-refractivity contribution is -0.126. The van der Waals surface area contributed by atoms with Crippen molar-refractivity contribution in [3.63, 3.8) is 0 Å². The number of methoxy groups -OCH3 is 1. The van der Waals surface area contributed by atoms with Gasteiger partial charge in [-0.2, -0.15) is 0 Å². The van der Waals surface area contributed by atoms with Crippen LogP contribution in [0.15, 0.2) is 24.3 Å². The smallest absolute Gasteiger partial charge is 0.223 e. The third-order valence-electron chi connectivity index (χ3n) is 4.38. The van der Waals surface area contributed by atoms with Gasteiger partial charge in [-0.15, -0.1) is 0 Å². The molecule has 0 unspecified atom stereocenters. The first-order valence-corrected chi connectivity index (χ1v) is 9.89. The van der Waals surface area contributed by atoms with Crippen LogP contribution in [0.3, 0.4) is 0 Å². The number of ether oxygens (including phenoxy) is 1. The monoisotopic (exact) mass is 354 g/mol. The minimum Gasteiger partial charge on any atom is -0.380 e. The molecule has 1 aliphatic rings. The van der Waals surface area contributed by atoms with E-state index in [1.165, 1.54) is 4.31 Å². The van der Waals surface area contributed by atoms with E-state index in [2.05, 4.69) is 5.32 Å². The van der Waals surface area contributed by atoms with Crippen molar-refractivity contribution in [3.05, 3.63) is 35.4 Å². The topological polar surface area (TPSA) is 75.7 Å². The van der Waals surface area contributed by atoms with Gasteiger partial charge < -0.3 is 10.1 Å². The standard InChI is InChI=1S/C17H26N2O4S/c1-3-24(21,22)19-10-8-16(9-11-19)17(20)18-12-14-4-6-15(7-5-14)13-23-2/h4-7,16H,3,8-13H2,1-2H3,(H,18,20). The number of sulfonamides is 1. The predicted molar refractivity (Wildman–Crippen MR) is 92.8 cm³/mol. The summed E-state index contributed by atoms with van der Waals surface area (Å²) in [7, 11) is -1.49. The highest BCUT2D eigenvalue weighted by molar-refractivity contribution is 7.89. The molecule has 0 atom stereocenters. The lowest BCUT2D eigenvalue weighted by atomic mass is 9.97. The van der Waals surface area contributed by atoms with Gasteiger partial charge in [-0.25, -0.2) is 12.7 Å². The third-order valence-corrected chi connectivity index (χ3v) is 6.27. The summed E-state index contributed by atoms with van der Waals surface area (Å²) in [6.07, 6.45) is 1.16. The first-order valence-electron chi connectivity index (χ1n) is 8.28. The number of hydrogen-bond acceptors (Lipinski definition) is 4. The van der Waals surface area contributed by atoms with Crippen LogP contribution in [0.4, 0.5) is 0 Å². The first-order chi connectivity index (χ1) is 11.5. The number of carbonyl (C=O) groups is 1. The highest BCUT2D eigenvalue weighted by atomic mass is 32.2. The fourth-order valence-electron chi connectivity index (χ4n) is 2.83. The molecule has 0 aliphatic carbocycles. The van der Waals surface area contributed by atoms with Crippen molar-refractivity contribution in [2.75, 3.05) is 26.0 Å². The number of nitrogens with one attached hydrogen (secondary N) is 1. The second-order valence-electron chi connectivity index (χ2n) is 6.04. The van der Waals surface area contributed by atoms with E-state index in [0.29, 0.717) is 39.1 Å². The van der Waals surface area contributed by atoms with Crippen LogP contribution in [0.5, 0.6) is 0 Å². The molecule has 0 bridgehead atoms. The molecule has 7 heteroatoms. The predicted octanol–water partition coefficient (Wildman–Crippen LogP) is 1.51. The summed E-state index contributed by atoms with van der Waals surface area (Å²) in [6.45, 7) is 3.57. The van der Waals surface area contributed by atoms with Crippen molar-refractivity contribution < 1.29 is 17.9 Å². The van der Waals surface area contributed by atoms with Crippen molar-refractivity contribution in [1.29, 1.82) is 0 Å². The Morgan fingerprint density at radius 3 is 2.33 bits per heavy atom. The maximum atomic E-state index is 12.3. The number of hydrogen-bond donors (Lipinski definition) is 1. The van der Waals surface area contributed by atoms with Gasteiger partial charge in [0.1, 0.15) is 0 Å². The molecule has 134 valence electrons. The number of piperidine rings is 1. The second kappa shape index (κ2) is 8.60. The highest BCUT2D eigenvalue weighted by Crippen LogP contribution is 2.20. The van der Waals surface area contributed by atoms with Crippen LogP contribution in [-0.4, -0.2) is 44.6 Å². The van der Waals surface area contributed by atoms with Gasteiger partial charge in [0.2, 0.25) is 15.9 Å². The number of benzene rings is 1. The van der Waals surface area contributed by atoms with Crippen LogP contribution < -0.4 is 5.32 Å². The number of carbonyl (C=O) groups excluding carboxylic acids is 1. The van der Waals surface area contributed by atoms with Crippen molar-refractivity contribution in [3.8, 4) is 0 Å². The summed E-state index contributed by atoms with van der Waals surface area (Å²) in [5, 5.41) is 2.95. The average molecular weight is 354 g/mol. The van der Waals surface area contributed by atoms with Gasteiger partial charge in [0.15, 0.2) is 0 Å². The maximum Gasteiger partial charge on any atom is 0.223 e. The molecule has 1 saturated heterocycles. The van der Waals surface area contributed by atoms with E-state index in [9.17, 15) is 13.2 Å². The molecule has 1 aromatic carbocycles. The zero-order chi connectivity index (χ0) is 17.6. The molecular formula is C17H26N2O4S. The summed E-state index contributed by atoms with van der Waals surface area (Å²) < 4.78 is 30.2. The summed E-state index contributed by atoms with van der Waals surface area (Å²) in [6, 6.07) is 7.92. The van der Waals surface area contributed by atoms with E-state index in [0.717, 1.165) is 11.1 Å². The van der Waals surface area contributed by atoms with E-state index >= 15 is 0 Å². The molecule has 1 amide bonds. The van der Waals surface area contributed by atoms with Crippen molar-refractivity contribution in [2.24, 2.45) is 5.92 Å². The van der Waals surface area contributed by atoms with Crippen LogP contribution in [0.2, 0.25) is 0 Å². The van der Waals surface area contributed by atoms with E-state index in [1.807, 2.05) is 24.3 Å². The number of nitrogens with zero attached hydrogens (tertiary/aromatic N) is 1. The quantitative estimate of drug-likeness (QED) is 0.805. The van der Waals surface area contributed by atoms with Gasteiger partial charge in [-0.3, -0.25) is 4.79 Å². The molecule has 0 saturated carbocycles. The Kier molecular flexibility index (Phi) is 6.77. The normalized spacial score (nSPS) is 16.9. The number of amides is 1. The summed E-state index contributed by atoms with van der Waals surface area (Å²) >= 11 is 0. The average Bonchev–Trinajstić information content (AvgIpc) is 2.61. The summed E-state index contributed by atoms with van der Waals surface area (Å²) in [5.74, 6) is 0.00808. The molecule has 24 heavy (non-hydrogen) atoms. The Hall–Kier alpha value is -1.44. The van der Waals surface area contributed by atoms with Gasteiger partial charge >= 0.3 is 0 Å². The van der Waals surface area contributed by atoms with Gasteiger partial charge in [-0.05, 0) is 30.9 Å². The lowest BCUT2D eigenvalue weighted by Gasteiger charge is -2.30. The zero-order valence-corrected chi connectivity index (χ0v) is 15.1. The molecule has 1 aromatic rings. The maximum absolute atomic E-state index is 12.3. The van der Waals surface area contributed by atoms with Crippen LogP contribution in [0.1, 0.15) is 30.9 Å². The van der Waals surface area contributed by atoms with Gasteiger partial charge in [0, 0.05) is 32.7 Å². The molecule has 0 spiro atoms. The third kappa shape index (κ3) is 5.03. The molecule has 1 N–H and O–H groups in total.